The Morgan fingerprint density at radius 1 is 1.07 bits per heavy atom. The van der Waals surface area contributed by atoms with Gasteiger partial charge in [0.1, 0.15) is 12.3 Å². The van der Waals surface area contributed by atoms with Gasteiger partial charge >= 0.3 is 0 Å². The van der Waals surface area contributed by atoms with Crippen LogP contribution in [0.25, 0.3) is 0 Å². The molecule has 1 atom stereocenters. The van der Waals surface area contributed by atoms with E-state index in [1.165, 1.54) is 5.56 Å². The van der Waals surface area contributed by atoms with Gasteiger partial charge in [-0.05, 0) is 68.4 Å². The maximum Gasteiger partial charge on any atom is 0.255 e. The van der Waals surface area contributed by atoms with Gasteiger partial charge in [0.05, 0.1) is 12.2 Å². The predicted molar refractivity (Wildman–Crippen MR) is 114 cm³/mol. The first kappa shape index (κ1) is 20.4. The molecule has 6 nitrogen and oxygen atoms in total. The van der Waals surface area contributed by atoms with Crippen molar-refractivity contribution >= 4 is 11.8 Å². The molecule has 1 fully saturated rings. The van der Waals surface area contributed by atoms with Gasteiger partial charge in [-0.25, -0.2) is 0 Å². The molecular weight excluding hydrogens is 378 g/mol. The van der Waals surface area contributed by atoms with Crippen molar-refractivity contribution in [3.05, 3.63) is 59.9 Å². The summed E-state index contributed by atoms with van der Waals surface area (Å²) in [4.78, 5) is 34.0. The van der Waals surface area contributed by atoms with Gasteiger partial charge in [-0.1, -0.05) is 12.1 Å². The van der Waals surface area contributed by atoms with Crippen LogP contribution in [-0.4, -0.2) is 58.9 Å². The lowest BCUT2D eigenvalue weighted by molar-refractivity contribution is -0.135. The molecule has 2 aromatic rings. The number of aryl methyl sites for hydroxylation is 1. The molecule has 0 saturated carbocycles. The predicted octanol–water partition coefficient (Wildman–Crippen LogP) is 3.32. The zero-order chi connectivity index (χ0) is 20.8. The van der Waals surface area contributed by atoms with E-state index in [9.17, 15) is 9.59 Å². The Morgan fingerprint density at radius 2 is 2.00 bits per heavy atom. The minimum atomic E-state index is -0.154. The molecule has 0 aliphatic carbocycles. The second kappa shape index (κ2) is 9.74. The minimum Gasteiger partial charge on any atom is -0.494 e. The van der Waals surface area contributed by atoms with Crippen LogP contribution in [0.3, 0.4) is 0 Å². The summed E-state index contributed by atoms with van der Waals surface area (Å²) in [6, 6.07) is 11.9. The highest BCUT2D eigenvalue weighted by Gasteiger charge is 2.29. The lowest BCUT2D eigenvalue weighted by Crippen LogP contribution is -2.49. The fraction of sp³-hybridized carbons (Fsp3) is 0.458. The largest absolute Gasteiger partial charge is 0.494 e. The Kier molecular flexibility index (Phi) is 6.62. The summed E-state index contributed by atoms with van der Waals surface area (Å²) in [6.45, 7) is 1.86. The van der Waals surface area contributed by atoms with Gasteiger partial charge in [-0.2, -0.15) is 0 Å². The molecule has 0 radical (unpaired) electrons. The first-order valence-corrected chi connectivity index (χ1v) is 10.9. The highest BCUT2D eigenvalue weighted by molar-refractivity contribution is 5.96. The average Bonchev–Trinajstić information content (AvgIpc) is 2.79. The molecule has 3 heterocycles. The van der Waals surface area contributed by atoms with Crippen LogP contribution in [0, 0.1) is 0 Å². The number of ether oxygens (including phenoxy) is 1. The lowest BCUT2D eigenvalue weighted by atomic mass is 9.95. The summed E-state index contributed by atoms with van der Waals surface area (Å²) in [5, 5.41) is 0. The van der Waals surface area contributed by atoms with Crippen LogP contribution in [0.5, 0.6) is 5.75 Å². The van der Waals surface area contributed by atoms with Crippen molar-refractivity contribution in [3.8, 4) is 5.75 Å². The molecule has 0 spiro atoms. The van der Waals surface area contributed by atoms with Crippen molar-refractivity contribution in [2.45, 2.75) is 44.6 Å². The van der Waals surface area contributed by atoms with Crippen LogP contribution >= 0.6 is 0 Å². The number of rotatable bonds is 1. The standard InChI is InChI=1S/C24H29N3O3/c28-23-18-26(24(29)20-7-4-12-25-17-20)13-5-15-30-22-9-3-6-19(16-22)10-11-21-8-1-2-14-27(21)23/h3-4,6-7,9,12,16-17,21H,1-2,5,8,10-11,13-15,18H2. The van der Waals surface area contributed by atoms with E-state index in [-0.39, 0.29) is 24.4 Å². The van der Waals surface area contributed by atoms with Crippen LogP contribution in [0.15, 0.2) is 48.8 Å². The Labute approximate surface area is 177 Å². The van der Waals surface area contributed by atoms with Gasteiger partial charge in [-0.15, -0.1) is 0 Å². The summed E-state index contributed by atoms with van der Waals surface area (Å²) >= 11 is 0. The second-order valence-corrected chi connectivity index (χ2v) is 8.09. The van der Waals surface area contributed by atoms with E-state index in [0.29, 0.717) is 25.1 Å². The van der Waals surface area contributed by atoms with Crippen LogP contribution in [-0.2, 0) is 11.2 Å². The van der Waals surface area contributed by atoms with Gasteiger partial charge in [0, 0.05) is 31.5 Å². The van der Waals surface area contributed by atoms with E-state index >= 15 is 0 Å². The van der Waals surface area contributed by atoms with Crippen LogP contribution in [0.4, 0.5) is 0 Å². The maximum atomic E-state index is 13.2. The third-order valence-electron chi connectivity index (χ3n) is 5.98. The number of hydrogen-bond acceptors (Lipinski definition) is 4. The normalized spacial score (nSPS) is 20.7. The number of carbonyl (C=O) groups is 2. The number of hydrogen-bond donors (Lipinski definition) is 0. The number of carbonyl (C=O) groups excluding carboxylic acids is 2. The smallest absolute Gasteiger partial charge is 0.255 e. The first-order chi connectivity index (χ1) is 14.7. The van der Waals surface area contributed by atoms with Crippen molar-refractivity contribution in [3.63, 3.8) is 0 Å². The van der Waals surface area contributed by atoms with Crippen LogP contribution in [0.1, 0.15) is 48.0 Å². The van der Waals surface area contributed by atoms with Crippen molar-refractivity contribution < 1.29 is 14.3 Å². The number of fused-ring (bicyclic) bond motifs is 3. The van der Waals surface area contributed by atoms with E-state index in [2.05, 4.69) is 17.1 Å². The average molecular weight is 408 g/mol. The SMILES string of the molecule is O=C(c1cccnc1)N1CCCOc2cccc(c2)CCC2CCCCN2C(=O)C1. The van der Waals surface area contributed by atoms with E-state index in [0.717, 1.165) is 44.4 Å². The quantitative estimate of drug-likeness (QED) is 0.728. The number of nitrogens with zero attached hydrogens (tertiary/aromatic N) is 3. The Hall–Kier alpha value is -2.89. The molecule has 30 heavy (non-hydrogen) atoms. The first-order valence-electron chi connectivity index (χ1n) is 10.9. The molecular formula is C24H29N3O3. The summed E-state index contributed by atoms with van der Waals surface area (Å²) in [6.07, 6.45) is 8.92. The third-order valence-corrected chi connectivity index (χ3v) is 5.98. The zero-order valence-corrected chi connectivity index (χ0v) is 17.3. The number of benzene rings is 1. The minimum absolute atomic E-state index is 0.0451. The Bertz CT molecular complexity index is 871. The number of aromatic nitrogens is 1. The van der Waals surface area contributed by atoms with E-state index < -0.39 is 0 Å². The van der Waals surface area contributed by atoms with E-state index in [1.807, 2.05) is 17.0 Å². The highest BCUT2D eigenvalue weighted by Crippen LogP contribution is 2.24. The number of pyridine rings is 1. The molecule has 6 heteroatoms. The molecule has 1 saturated heterocycles. The monoisotopic (exact) mass is 407 g/mol. The molecule has 2 amide bonds. The van der Waals surface area contributed by atoms with Crippen LogP contribution in [0.2, 0.25) is 0 Å². The van der Waals surface area contributed by atoms with Crippen molar-refractivity contribution in [1.82, 2.24) is 14.8 Å². The zero-order valence-electron chi connectivity index (χ0n) is 17.3. The topological polar surface area (TPSA) is 62.7 Å². The fourth-order valence-electron chi connectivity index (χ4n) is 4.38. The second-order valence-electron chi connectivity index (χ2n) is 8.09. The lowest BCUT2D eigenvalue weighted by Gasteiger charge is -2.37. The van der Waals surface area contributed by atoms with Gasteiger partial charge in [0.15, 0.2) is 0 Å². The van der Waals surface area contributed by atoms with Crippen LogP contribution < -0.4 is 4.74 Å². The number of piperidine rings is 1. The molecule has 4 rings (SSSR count). The van der Waals surface area contributed by atoms with E-state index in [1.54, 1.807) is 29.4 Å². The summed E-state index contributed by atoms with van der Waals surface area (Å²) in [5.74, 6) is 0.758. The molecule has 2 bridgehead atoms. The maximum absolute atomic E-state index is 13.2. The van der Waals surface area contributed by atoms with Crippen molar-refractivity contribution in [2.75, 3.05) is 26.2 Å². The molecule has 1 unspecified atom stereocenters. The molecule has 0 N–H and O–H groups in total. The molecule has 1 aromatic heterocycles. The highest BCUT2D eigenvalue weighted by atomic mass is 16.5. The van der Waals surface area contributed by atoms with Gasteiger partial charge < -0.3 is 14.5 Å². The summed E-state index contributed by atoms with van der Waals surface area (Å²) in [5.41, 5.74) is 1.76. The van der Waals surface area contributed by atoms with Crippen molar-refractivity contribution in [1.29, 1.82) is 0 Å². The van der Waals surface area contributed by atoms with Crippen molar-refractivity contribution in [2.24, 2.45) is 0 Å². The Balaban J connectivity index is 1.57. The molecule has 158 valence electrons. The number of amides is 2. The molecule has 2 aliphatic heterocycles. The van der Waals surface area contributed by atoms with Gasteiger partial charge in [0.2, 0.25) is 5.91 Å². The Morgan fingerprint density at radius 3 is 2.87 bits per heavy atom. The summed E-state index contributed by atoms with van der Waals surface area (Å²) in [7, 11) is 0. The van der Waals surface area contributed by atoms with Gasteiger partial charge in [-0.3, -0.25) is 14.6 Å². The van der Waals surface area contributed by atoms with E-state index in [4.69, 9.17) is 4.74 Å². The fourth-order valence-corrected chi connectivity index (χ4v) is 4.38. The molecule has 1 aromatic carbocycles. The summed E-state index contributed by atoms with van der Waals surface area (Å²) < 4.78 is 5.91. The third kappa shape index (κ3) is 4.99. The van der Waals surface area contributed by atoms with Gasteiger partial charge in [0.25, 0.3) is 5.91 Å². The molecule has 2 aliphatic rings.